The van der Waals surface area contributed by atoms with Crippen LogP contribution < -0.4 is 10.9 Å². The zero-order valence-electron chi connectivity index (χ0n) is 15.8. The Morgan fingerprint density at radius 2 is 2.00 bits per heavy atom. The molecule has 0 spiro atoms. The number of rotatable bonds is 6. The monoisotopic (exact) mass is 405 g/mol. The van der Waals surface area contributed by atoms with Crippen LogP contribution in [0.5, 0.6) is 0 Å². The number of nitrogens with zero attached hydrogens (tertiary/aromatic N) is 3. The molecular weight excluding hydrogens is 386 g/mol. The highest BCUT2D eigenvalue weighted by molar-refractivity contribution is 7.13. The third kappa shape index (κ3) is 4.49. The second kappa shape index (κ2) is 8.24. The first-order chi connectivity index (χ1) is 14.1. The number of nitrogens with one attached hydrogen (secondary N) is 2. The summed E-state index contributed by atoms with van der Waals surface area (Å²) in [7, 11) is 0. The average molecular weight is 405 g/mol. The van der Waals surface area contributed by atoms with Crippen LogP contribution in [-0.2, 0) is 11.2 Å². The summed E-state index contributed by atoms with van der Waals surface area (Å²) in [6.45, 7) is 1.74. The standard InChI is InChI=1S/C21H19N5O2S/c1-14-12-20(28)24-21(22-14)26-18(13-16(25-26)17-8-5-11-29-17)23-19(27)10-9-15-6-3-2-4-7-15/h2-8,11-13H,9-10H2,1H3,(H,23,27)(H,22,24,28). The Bertz CT molecular complexity index is 1180. The van der Waals surface area contributed by atoms with E-state index in [0.717, 1.165) is 10.4 Å². The van der Waals surface area contributed by atoms with E-state index in [9.17, 15) is 9.59 Å². The minimum atomic E-state index is -0.276. The van der Waals surface area contributed by atoms with Crippen LogP contribution >= 0.6 is 11.3 Å². The fourth-order valence-corrected chi connectivity index (χ4v) is 3.63. The van der Waals surface area contributed by atoms with Gasteiger partial charge in [-0.1, -0.05) is 36.4 Å². The van der Waals surface area contributed by atoms with Crippen molar-refractivity contribution in [1.82, 2.24) is 19.7 Å². The van der Waals surface area contributed by atoms with Crippen LogP contribution in [0.2, 0.25) is 0 Å². The summed E-state index contributed by atoms with van der Waals surface area (Å²) in [5.41, 5.74) is 2.09. The molecule has 0 atom stereocenters. The summed E-state index contributed by atoms with van der Waals surface area (Å²) >= 11 is 1.55. The van der Waals surface area contributed by atoms with Gasteiger partial charge in [0.25, 0.3) is 5.56 Å². The molecule has 3 heterocycles. The van der Waals surface area contributed by atoms with Gasteiger partial charge < -0.3 is 5.32 Å². The lowest BCUT2D eigenvalue weighted by Gasteiger charge is -2.08. The number of carbonyl (C=O) groups excluding carboxylic acids is 1. The Balaban J connectivity index is 1.62. The fourth-order valence-electron chi connectivity index (χ4n) is 2.95. The van der Waals surface area contributed by atoms with Crippen molar-refractivity contribution in [3.63, 3.8) is 0 Å². The van der Waals surface area contributed by atoms with E-state index in [4.69, 9.17) is 0 Å². The van der Waals surface area contributed by atoms with Crippen molar-refractivity contribution < 1.29 is 4.79 Å². The molecule has 7 nitrogen and oxygen atoms in total. The van der Waals surface area contributed by atoms with Gasteiger partial charge in [-0.15, -0.1) is 11.3 Å². The van der Waals surface area contributed by atoms with Crippen LogP contribution in [0.25, 0.3) is 16.5 Å². The molecule has 0 saturated carbocycles. The number of carbonyl (C=O) groups is 1. The van der Waals surface area contributed by atoms with Gasteiger partial charge in [0.1, 0.15) is 11.5 Å². The Hall–Kier alpha value is -3.52. The van der Waals surface area contributed by atoms with Crippen molar-refractivity contribution in [3.05, 3.63) is 81.6 Å². The number of aromatic amines is 1. The van der Waals surface area contributed by atoms with Crippen LogP contribution in [0.3, 0.4) is 0 Å². The Morgan fingerprint density at radius 1 is 1.17 bits per heavy atom. The number of benzene rings is 1. The molecule has 0 aliphatic heterocycles. The van der Waals surface area contributed by atoms with E-state index in [2.05, 4.69) is 20.4 Å². The van der Waals surface area contributed by atoms with E-state index in [1.165, 1.54) is 10.7 Å². The van der Waals surface area contributed by atoms with E-state index in [0.29, 0.717) is 30.0 Å². The molecule has 1 amide bonds. The third-order valence-electron chi connectivity index (χ3n) is 4.29. The third-order valence-corrected chi connectivity index (χ3v) is 5.18. The normalized spacial score (nSPS) is 10.8. The highest BCUT2D eigenvalue weighted by Gasteiger charge is 2.16. The van der Waals surface area contributed by atoms with Gasteiger partial charge >= 0.3 is 0 Å². The van der Waals surface area contributed by atoms with Gasteiger partial charge in [-0.25, -0.2) is 4.98 Å². The number of thiophene rings is 1. The van der Waals surface area contributed by atoms with Crippen molar-refractivity contribution in [1.29, 1.82) is 0 Å². The van der Waals surface area contributed by atoms with E-state index in [1.54, 1.807) is 24.3 Å². The first-order valence-electron chi connectivity index (χ1n) is 9.14. The maximum absolute atomic E-state index is 12.6. The molecule has 0 aliphatic rings. The van der Waals surface area contributed by atoms with Gasteiger partial charge in [0.15, 0.2) is 0 Å². The second-order valence-electron chi connectivity index (χ2n) is 6.55. The molecule has 4 aromatic rings. The van der Waals surface area contributed by atoms with Gasteiger partial charge in [0.2, 0.25) is 11.9 Å². The minimum Gasteiger partial charge on any atom is -0.310 e. The first kappa shape index (κ1) is 18.8. The van der Waals surface area contributed by atoms with Gasteiger partial charge in [0, 0.05) is 24.2 Å². The summed E-state index contributed by atoms with van der Waals surface area (Å²) in [6, 6.07) is 16.9. The van der Waals surface area contributed by atoms with Crippen LogP contribution in [0.1, 0.15) is 17.7 Å². The van der Waals surface area contributed by atoms with E-state index >= 15 is 0 Å². The number of aromatic nitrogens is 4. The molecule has 29 heavy (non-hydrogen) atoms. The van der Waals surface area contributed by atoms with Crippen molar-refractivity contribution >= 4 is 23.1 Å². The zero-order chi connectivity index (χ0) is 20.2. The number of hydrogen-bond donors (Lipinski definition) is 2. The van der Waals surface area contributed by atoms with Gasteiger partial charge in [0.05, 0.1) is 4.88 Å². The molecule has 0 aliphatic carbocycles. The SMILES string of the molecule is Cc1cc(=O)[nH]c(-n2nc(-c3cccs3)cc2NC(=O)CCc2ccccc2)n1. The maximum Gasteiger partial charge on any atom is 0.252 e. The summed E-state index contributed by atoms with van der Waals surface area (Å²) in [5, 5.41) is 9.42. The molecule has 0 unspecified atom stereocenters. The summed E-state index contributed by atoms with van der Waals surface area (Å²) in [4.78, 5) is 32.4. The zero-order valence-corrected chi connectivity index (χ0v) is 16.6. The molecular formula is C21H19N5O2S. The van der Waals surface area contributed by atoms with E-state index < -0.39 is 0 Å². The maximum atomic E-state index is 12.6. The molecule has 146 valence electrons. The molecule has 3 aromatic heterocycles. The number of amides is 1. The lowest BCUT2D eigenvalue weighted by molar-refractivity contribution is -0.116. The largest absolute Gasteiger partial charge is 0.310 e. The molecule has 8 heteroatoms. The summed E-state index contributed by atoms with van der Waals surface area (Å²) < 4.78 is 1.46. The highest BCUT2D eigenvalue weighted by Crippen LogP contribution is 2.27. The minimum absolute atomic E-state index is 0.136. The molecule has 0 fully saturated rings. The van der Waals surface area contributed by atoms with Crippen LogP contribution in [0.4, 0.5) is 5.82 Å². The Kier molecular flexibility index (Phi) is 5.35. The number of anilines is 1. The number of hydrogen-bond acceptors (Lipinski definition) is 5. The topological polar surface area (TPSA) is 92.7 Å². The molecule has 0 bridgehead atoms. The lowest BCUT2D eigenvalue weighted by Crippen LogP contribution is -2.19. The Labute approximate surface area is 171 Å². The van der Waals surface area contributed by atoms with Gasteiger partial charge in [-0.05, 0) is 30.4 Å². The fraction of sp³-hybridized carbons (Fsp3) is 0.143. The van der Waals surface area contributed by atoms with Crippen molar-refractivity contribution in [2.24, 2.45) is 0 Å². The molecule has 1 aromatic carbocycles. The van der Waals surface area contributed by atoms with Gasteiger partial charge in [-0.2, -0.15) is 9.78 Å². The molecule has 0 saturated heterocycles. The smallest absolute Gasteiger partial charge is 0.252 e. The summed E-state index contributed by atoms with van der Waals surface area (Å²) in [6.07, 6.45) is 0.972. The highest BCUT2D eigenvalue weighted by atomic mass is 32.1. The number of aryl methyl sites for hydroxylation is 2. The molecule has 2 N–H and O–H groups in total. The second-order valence-corrected chi connectivity index (χ2v) is 7.50. The van der Waals surface area contributed by atoms with Crippen LogP contribution in [0.15, 0.2) is 64.8 Å². The lowest BCUT2D eigenvalue weighted by atomic mass is 10.1. The van der Waals surface area contributed by atoms with Crippen LogP contribution in [0, 0.1) is 6.92 Å². The molecule has 4 rings (SSSR count). The van der Waals surface area contributed by atoms with Crippen molar-refractivity contribution in [2.45, 2.75) is 19.8 Å². The first-order valence-corrected chi connectivity index (χ1v) is 10.0. The van der Waals surface area contributed by atoms with Crippen LogP contribution in [-0.4, -0.2) is 25.7 Å². The molecule has 0 radical (unpaired) electrons. The predicted molar refractivity (Wildman–Crippen MR) is 113 cm³/mol. The van der Waals surface area contributed by atoms with Crippen molar-refractivity contribution in [3.8, 4) is 16.5 Å². The Morgan fingerprint density at radius 3 is 2.72 bits per heavy atom. The van der Waals surface area contributed by atoms with E-state index in [-0.39, 0.29) is 17.4 Å². The average Bonchev–Trinajstić information content (AvgIpc) is 3.36. The van der Waals surface area contributed by atoms with E-state index in [1.807, 2.05) is 47.8 Å². The summed E-state index contributed by atoms with van der Waals surface area (Å²) in [5.74, 6) is 0.583. The quantitative estimate of drug-likeness (QED) is 0.513. The number of H-pyrrole nitrogens is 1. The van der Waals surface area contributed by atoms with Gasteiger partial charge in [-0.3, -0.25) is 14.6 Å². The predicted octanol–water partition coefficient (Wildman–Crippen LogP) is 3.56. The van der Waals surface area contributed by atoms with Crippen molar-refractivity contribution in [2.75, 3.05) is 5.32 Å².